The molecule has 0 bridgehead atoms. The molecule has 2 aliphatic rings. The average Bonchev–Trinajstić information content (AvgIpc) is 2.40. The summed E-state index contributed by atoms with van der Waals surface area (Å²) >= 11 is 0. The number of carbonyl (C=O) groups is 2. The second-order valence-corrected chi connectivity index (χ2v) is 5.89. The summed E-state index contributed by atoms with van der Waals surface area (Å²) in [7, 11) is 0. The minimum Gasteiger partial charge on any atom is -0.462 e. The number of carbonyl (C=O) groups excluding carboxylic acids is 2. The van der Waals surface area contributed by atoms with Gasteiger partial charge >= 0.3 is 11.9 Å². The molecule has 0 saturated carbocycles. The van der Waals surface area contributed by atoms with E-state index < -0.39 is 12.2 Å². The van der Waals surface area contributed by atoms with Crippen LogP contribution in [0.5, 0.6) is 0 Å². The Morgan fingerprint density at radius 1 is 0.952 bits per heavy atom. The summed E-state index contributed by atoms with van der Waals surface area (Å²) in [6.45, 7) is 7.53. The van der Waals surface area contributed by atoms with Gasteiger partial charge in [-0.25, -0.2) is 0 Å². The lowest BCUT2D eigenvalue weighted by atomic mass is 9.92. The Bertz CT molecular complexity index is 355. The van der Waals surface area contributed by atoms with Crippen LogP contribution in [0.15, 0.2) is 0 Å². The molecule has 0 spiro atoms. The first-order valence-corrected chi connectivity index (χ1v) is 7.51. The third-order valence-corrected chi connectivity index (χ3v) is 4.29. The summed E-state index contributed by atoms with van der Waals surface area (Å²) in [5, 5.41) is 18.6. The second kappa shape index (κ2) is 7.75. The third-order valence-electron chi connectivity index (χ3n) is 4.29. The maximum absolute atomic E-state index is 10.8. The summed E-state index contributed by atoms with van der Waals surface area (Å²) in [6.07, 6.45) is -0.187. The predicted molar refractivity (Wildman–Crippen MR) is 75.3 cm³/mol. The molecule has 0 aromatic carbocycles. The lowest BCUT2D eigenvalue weighted by molar-refractivity contribution is -0.167. The molecular formula is C15H26O6. The largest absolute Gasteiger partial charge is 0.462 e. The van der Waals surface area contributed by atoms with E-state index >= 15 is 0 Å². The van der Waals surface area contributed by atoms with Crippen molar-refractivity contribution in [1.82, 2.24) is 0 Å². The minimum absolute atomic E-state index is 0.0673. The summed E-state index contributed by atoms with van der Waals surface area (Å²) in [5.41, 5.74) is 0. The standard InChI is InChI=1S/C8H14O3.C7H12O3/c1-3-7-5(2)6(9)4-8(10)11-7;1-4-5(2)10-7(9)3-6(4)8/h5-7,9H,3-4H2,1-2H3;4-6,8H,3H2,1-2H3/t5-,6-,7-;4-,5+,6+/m10/s1. The van der Waals surface area contributed by atoms with Gasteiger partial charge in [-0.3, -0.25) is 9.59 Å². The summed E-state index contributed by atoms with van der Waals surface area (Å²) in [6, 6.07) is 0. The number of ether oxygens (including phenoxy) is 2. The van der Waals surface area contributed by atoms with Crippen molar-refractivity contribution < 1.29 is 29.3 Å². The first-order chi connectivity index (χ1) is 9.76. The van der Waals surface area contributed by atoms with Crippen molar-refractivity contribution >= 4 is 11.9 Å². The summed E-state index contributed by atoms with van der Waals surface area (Å²) < 4.78 is 9.89. The number of rotatable bonds is 1. The van der Waals surface area contributed by atoms with Crippen LogP contribution < -0.4 is 0 Å². The molecule has 2 aliphatic heterocycles. The monoisotopic (exact) mass is 302 g/mol. The third kappa shape index (κ3) is 4.97. The number of esters is 2. The fraction of sp³-hybridized carbons (Fsp3) is 0.867. The van der Waals surface area contributed by atoms with Crippen molar-refractivity contribution in [1.29, 1.82) is 0 Å². The molecule has 6 heteroatoms. The van der Waals surface area contributed by atoms with Crippen LogP contribution in [0.25, 0.3) is 0 Å². The zero-order valence-electron chi connectivity index (χ0n) is 13.1. The van der Waals surface area contributed by atoms with Gasteiger partial charge in [-0.15, -0.1) is 0 Å². The topological polar surface area (TPSA) is 93.1 Å². The highest BCUT2D eigenvalue weighted by Gasteiger charge is 2.33. The van der Waals surface area contributed by atoms with E-state index in [0.29, 0.717) is 0 Å². The quantitative estimate of drug-likeness (QED) is 0.703. The fourth-order valence-corrected chi connectivity index (χ4v) is 2.42. The molecule has 0 aromatic heterocycles. The van der Waals surface area contributed by atoms with Gasteiger partial charge in [-0.2, -0.15) is 0 Å². The van der Waals surface area contributed by atoms with Gasteiger partial charge in [0.2, 0.25) is 0 Å². The van der Waals surface area contributed by atoms with Crippen LogP contribution >= 0.6 is 0 Å². The molecule has 0 radical (unpaired) electrons. The van der Waals surface area contributed by atoms with Crippen molar-refractivity contribution in [3.05, 3.63) is 0 Å². The minimum atomic E-state index is -0.517. The molecule has 6 nitrogen and oxygen atoms in total. The highest BCUT2D eigenvalue weighted by molar-refractivity contribution is 5.71. The fourth-order valence-electron chi connectivity index (χ4n) is 2.42. The van der Waals surface area contributed by atoms with Crippen LogP contribution in [-0.2, 0) is 19.1 Å². The molecule has 6 atom stereocenters. The molecule has 2 fully saturated rings. The van der Waals surface area contributed by atoms with Crippen LogP contribution in [0.2, 0.25) is 0 Å². The number of hydrogen-bond acceptors (Lipinski definition) is 6. The van der Waals surface area contributed by atoms with E-state index in [2.05, 4.69) is 0 Å². The van der Waals surface area contributed by atoms with Crippen LogP contribution in [0.4, 0.5) is 0 Å². The molecule has 2 heterocycles. The van der Waals surface area contributed by atoms with Gasteiger partial charge in [0.05, 0.1) is 25.0 Å². The van der Waals surface area contributed by atoms with Crippen LogP contribution in [0, 0.1) is 11.8 Å². The Balaban J connectivity index is 0.000000211. The van der Waals surface area contributed by atoms with Crippen molar-refractivity contribution in [3.63, 3.8) is 0 Å². The first-order valence-electron chi connectivity index (χ1n) is 7.51. The van der Waals surface area contributed by atoms with E-state index in [1.165, 1.54) is 0 Å². The normalized spacial score (nSPS) is 39.7. The van der Waals surface area contributed by atoms with Gasteiger partial charge < -0.3 is 19.7 Å². The zero-order valence-corrected chi connectivity index (χ0v) is 13.1. The van der Waals surface area contributed by atoms with Crippen LogP contribution in [-0.4, -0.2) is 46.6 Å². The summed E-state index contributed by atoms with van der Waals surface area (Å²) in [4.78, 5) is 21.5. The highest BCUT2D eigenvalue weighted by atomic mass is 16.6. The van der Waals surface area contributed by atoms with Gasteiger partial charge in [-0.1, -0.05) is 20.8 Å². The Morgan fingerprint density at radius 3 is 1.90 bits per heavy atom. The smallest absolute Gasteiger partial charge is 0.308 e. The molecule has 2 saturated heterocycles. The maximum Gasteiger partial charge on any atom is 0.308 e. The van der Waals surface area contributed by atoms with Gasteiger partial charge in [0, 0.05) is 11.8 Å². The Hall–Kier alpha value is -1.14. The van der Waals surface area contributed by atoms with Crippen molar-refractivity contribution in [2.75, 3.05) is 0 Å². The molecule has 122 valence electrons. The van der Waals surface area contributed by atoms with Gasteiger partial charge in [0.1, 0.15) is 12.2 Å². The average molecular weight is 302 g/mol. The lowest BCUT2D eigenvalue weighted by Crippen LogP contribution is -2.40. The number of aliphatic hydroxyl groups is 2. The van der Waals surface area contributed by atoms with Crippen molar-refractivity contribution in [2.45, 2.75) is 71.4 Å². The lowest BCUT2D eigenvalue weighted by Gasteiger charge is -2.31. The van der Waals surface area contributed by atoms with E-state index in [1.54, 1.807) is 6.92 Å². The second-order valence-electron chi connectivity index (χ2n) is 5.89. The predicted octanol–water partition coefficient (Wildman–Crippen LogP) is 1.03. The molecule has 0 unspecified atom stereocenters. The zero-order chi connectivity index (χ0) is 16.2. The van der Waals surface area contributed by atoms with Crippen molar-refractivity contribution in [3.8, 4) is 0 Å². The Morgan fingerprint density at radius 2 is 1.43 bits per heavy atom. The van der Waals surface area contributed by atoms with E-state index in [-0.39, 0.29) is 48.8 Å². The van der Waals surface area contributed by atoms with Gasteiger partial charge in [-0.05, 0) is 13.3 Å². The highest BCUT2D eigenvalue weighted by Crippen LogP contribution is 2.23. The molecule has 2 rings (SSSR count). The number of hydrogen-bond donors (Lipinski definition) is 2. The summed E-state index contributed by atoms with van der Waals surface area (Å²) in [5.74, 6) is -0.420. The van der Waals surface area contributed by atoms with E-state index in [0.717, 1.165) is 6.42 Å². The SMILES string of the molecule is CC[C@H]1OC(=O)C[C@@H](O)[C@H]1C.C[C@@H]1[C@H](O)CC(=O)O[C@@H]1C. The Kier molecular flexibility index (Phi) is 6.61. The van der Waals surface area contributed by atoms with E-state index in [4.69, 9.17) is 9.47 Å². The molecular weight excluding hydrogens is 276 g/mol. The molecule has 21 heavy (non-hydrogen) atoms. The van der Waals surface area contributed by atoms with Gasteiger partial charge in [0.25, 0.3) is 0 Å². The van der Waals surface area contributed by atoms with Crippen molar-refractivity contribution in [2.24, 2.45) is 11.8 Å². The van der Waals surface area contributed by atoms with E-state index in [1.807, 2.05) is 20.8 Å². The van der Waals surface area contributed by atoms with E-state index in [9.17, 15) is 19.8 Å². The maximum atomic E-state index is 10.8. The molecule has 2 N–H and O–H groups in total. The Labute approximate surface area is 125 Å². The molecule has 0 aromatic rings. The molecule has 0 amide bonds. The van der Waals surface area contributed by atoms with Crippen LogP contribution in [0.1, 0.15) is 47.0 Å². The first kappa shape index (κ1) is 17.9. The van der Waals surface area contributed by atoms with Gasteiger partial charge in [0.15, 0.2) is 0 Å². The van der Waals surface area contributed by atoms with Crippen LogP contribution in [0.3, 0.4) is 0 Å². The number of cyclic esters (lactones) is 2. The molecule has 0 aliphatic carbocycles. The number of aliphatic hydroxyl groups excluding tert-OH is 2.